The Labute approximate surface area is 108 Å². The molecular formula is C13H23NO2S. The van der Waals surface area contributed by atoms with Gasteiger partial charge in [0.2, 0.25) is 0 Å². The zero-order chi connectivity index (χ0) is 12.7. The summed E-state index contributed by atoms with van der Waals surface area (Å²) in [5.74, 6) is 2.79. The van der Waals surface area contributed by atoms with Crippen LogP contribution in [0.2, 0.25) is 0 Å². The standard InChI is InChI=1S/C13H23NO2S/c1-4-7-14-8-12-5-6-13(16-12)9-17-11(3)10(2)15/h5-6,10-11,14-15H,4,7-9H2,1-3H3. The number of aliphatic hydroxyl groups excluding tert-OH is 1. The molecule has 0 aliphatic heterocycles. The Kier molecular flexibility index (Phi) is 6.70. The van der Waals surface area contributed by atoms with Gasteiger partial charge < -0.3 is 14.8 Å². The third kappa shape index (κ3) is 5.61. The Morgan fingerprint density at radius 2 is 2.06 bits per heavy atom. The van der Waals surface area contributed by atoms with E-state index < -0.39 is 0 Å². The van der Waals surface area contributed by atoms with Crippen LogP contribution in [-0.4, -0.2) is 23.0 Å². The Morgan fingerprint density at radius 3 is 2.71 bits per heavy atom. The lowest BCUT2D eigenvalue weighted by Crippen LogP contribution is -2.15. The van der Waals surface area contributed by atoms with E-state index in [2.05, 4.69) is 12.2 Å². The van der Waals surface area contributed by atoms with Crippen LogP contribution < -0.4 is 5.32 Å². The monoisotopic (exact) mass is 257 g/mol. The number of furan rings is 1. The topological polar surface area (TPSA) is 45.4 Å². The second-order valence-corrected chi connectivity index (χ2v) is 5.67. The van der Waals surface area contributed by atoms with Gasteiger partial charge in [0.1, 0.15) is 11.5 Å². The van der Waals surface area contributed by atoms with Crippen molar-refractivity contribution in [2.24, 2.45) is 0 Å². The SMILES string of the molecule is CCCNCc1ccc(CSC(C)C(C)O)o1. The molecule has 1 aromatic heterocycles. The molecule has 1 heterocycles. The molecule has 0 saturated carbocycles. The summed E-state index contributed by atoms with van der Waals surface area (Å²) in [7, 11) is 0. The number of hydrogen-bond donors (Lipinski definition) is 2. The lowest BCUT2D eigenvalue weighted by Gasteiger charge is -2.12. The van der Waals surface area contributed by atoms with Crippen molar-refractivity contribution in [2.75, 3.05) is 6.54 Å². The van der Waals surface area contributed by atoms with Crippen molar-refractivity contribution in [1.82, 2.24) is 5.32 Å². The van der Waals surface area contributed by atoms with Crippen molar-refractivity contribution in [3.63, 3.8) is 0 Å². The minimum absolute atomic E-state index is 0.238. The van der Waals surface area contributed by atoms with Crippen LogP contribution in [-0.2, 0) is 12.3 Å². The van der Waals surface area contributed by atoms with Crippen molar-refractivity contribution >= 4 is 11.8 Å². The molecule has 1 aromatic rings. The first-order valence-electron chi connectivity index (χ1n) is 6.21. The minimum atomic E-state index is -0.277. The molecule has 0 fully saturated rings. The van der Waals surface area contributed by atoms with Crippen LogP contribution in [0, 0.1) is 0 Å². The van der Waals surface area contributed by atoms with Gasteiger partial charge in [0.25, 0.3) is 0 Å². The maximum atomic E-state index is 9.39. The van der Waals surface area contributed by atoms with Crippen LogP contribution in [0.3, 0.4) is 0 Å². The van der Waals surface area contributed by atoms with E-state index in [1.54, 1.807) is 11.8 Å². The maximum absolute atomic E-state index is 9.39. The first kappa shape index (κ1) is 14.6. The molecule has 2 atom stereocenters. The Bertz CT molecular complexity index is 312. The van der Waals surface area contributed by atoms with Gasteiger partial charge in [-0.1, -0.05) is 13.8 Å². The lowest BCUT2D eigenvalue weighted by molar-refractivity contribution is 0.196. The van der Waals surface area contributed by atoms with E-state index in [0.717, 1.165) is 36.8 Å². The van der Waals surface area contributed by atoms with Gasteiger partial charge in [0, 0.05) is 5.25 Å². The maximum Gasteiger partial charge on any atom is 0.117 e. The average molecular weight is 257 g/mol. The fraction of sp³-hybridized carbons (Fsp3) is 0.692. The van der Waals surface area contributed by atoms with Gasteiger partial charge in [0.05, 0.1) is 18.4 Å². The smallest absolute Gasteiger partial charge is 0.117 e. The molecule has 0 radical (unpaired) electrons. The summed E-state index contributed by atoms with van der Waals surface area (Å²) in [6, 6.07) is 4.04. The van der Waals surface area contributed by atoms with Gasteiger partial charge in [-0.2, -0.15) is 0 Å². The number of thioether (sulfide) groups is 1. The molecular weight excluding hydrogens is 234 g/mol. The third-order valence-electron chi connectivity index (χ3n) is 2.61. The van der Waals surface area contributed by atoms with E-state index in [0.29, 0.717) is 0 Å². The van der Waals surface area contributed by atoms with Crippen LogP contribution in [0.5, 0.6) is 0 Å². The Morgan fingerprint density at radius 1 is 1.35 bits per heavy atom. The summed E-state index contributed by atoms with van der Waals surface area (Å²) in [5.41, 5.74) is 0. The molecule has 0 aliphatic carbocycles. The van der Waals surface area contributed by atoms with Gasteiger partial charge >= 0.3 is 0 Å². The number of hydrogen-bond acceptors (Lipinski definition) is 4. The van der Waals surface area contributed by atoms with E-state index in [1.165, 1.54) is 0 Å². The summed E-state index contributed by atoms with van der Waals surface area (Å²) < 4.78 is 5.70. The highest BCUT2D eigenvalue weighted by Crippen LogP contribution is 2.21. The fourth-order valence-corrected chi connectivity index (χ4v) is 2.20. The van der Waals surface area contributed by atoms with E-state index in [1.807, 2.05) is 26.0 Å². The molecule has 2 unspecified atom stereocenters. The van der Waals surface area contributed by atoms with E-state index in [4.69, 9.17) is 4.42 Å². The molecule has 0 aromatic carbocycles. The summed E-state index contributed by atoms with van der Waals surface area (Å²) in [4.78, 5) is 0. The molecule has 0 aliphatic rings. The quantitative estimate of drug-likeness (QED) is 0.703. The molecule has 0 amide bonds. The van der Waals surface area contributed by atoms with Crippen molar-refractivity contribution in [3.8, 4) is 0 Å². The second kappa shape index (κ2) is 7.80. The Hall–Kier alpha value is -0.450. The molecule has 98 valence electrons. The van der Waals surface area contributed by atoms with Crippen molar-refractivity contribution < 1.29 is 9.52 Å². The fourth-order valence-electron chi connectivity index (χ4n) is 1.34. The molecule has 0 saturated heterocycles. The van der Waals surface area contributed by atoms with Crippen LogP contribution in [0.25, 0.3) is 0 Å². The molecule has 17 heavy (non-hydrogen) atoms. The summed E-state index contributed by atoms with van der Waals surface area (Å²) in [6.07, 6.45) is 0.857. The van der Waals surface area contributed by atoms with Crippen molar-refractivity contribution in [2.45, 2.75) is 50.8 Å². The van der Waals surface area contributed by atoms with Crippen molar-refractivity contribution in [3.05, 3.63) is 23.7 Å². The number of nitrogens with one attached hydrogen (secondary N) is 1. The van der Waals surface area contributed by atoms with Gasteiger partial charge in [0.15, 0.2) is 0 Å². The molecule has 4 heteroatoms. The summed E-state index contributed by atoms with van der Waals surface area (Å²) in [6.45, 7) is 7.81. The van der Waals surface area contributed by atoms with E-state index in [9.17, 15) is 5.11 Å². The predicted octanol–water partition coefficient (Wildman–Crippen LogP) is 2.78. The van der Waals surface area contributed by atoms with Gasteiger partial charge in [-0.05, 0) is 32.0 Å². The Balaban J connectivity index is 2.30. The number of rotatable bonds is 8. The zero-order valence-electron chi connectivity index (χ0n) is 10.9. The molecule has 0 spiro atoms. The molecule has 3 nitrogen and oxygen atoms in total. The first-order valence-corrected chi connectivity index (χ1v) is 7.26. The molecule has 0 bridgehead atoms. The highest BCUT2D eigenvalue weighted by atomic mass is 32.2. The van der Waals surface area contributed by atoms with Crippen LogP contribution in [0.1, 0.15) is 38.7 Å². The normalized spacial score (nSPS) is 14.8. The first-order chi connectivity index (χ1) is 8.13. The highest BCUT2D eigenvalue weighted by molar-refractivity contribution is 7.99. The van der Waals surface area contributed by atoms with Gasteiger partial charge in [-0.25, -0.2) is 0 Å². The van der Waals surface area contributed by atoms with Crippen LogP contribution in [0.15, 0.2) is 16.5 Å². The summed E-state index contributed by atoms with van der Waals surface area (Å²) in [5, 5.41) is 12.9. The van der Waals surface area contributed by atoms with Crippen LogP contribution >= 0.6 is 11.8 Å². The molecule has 2 N–H and O–H groups in total. The average Bonchev–Trinajstić information content (AvgIpc) is 2.74. The van der Waals surface area contributed by atoms with Crippen molar-refractivity contribution in [1.29, 1.82) is 0 Å². The lowest BCUT2D eigenvalue weighted by atomic mass is 10.3. The number of aliphatic hydroxyl groups is 1. The van der Waals surface area contributed by atoms with Crippen LogP contribution in [0.4, 0.5) is 0 Å². The highest BCUT2D eigenvalue weighted by Gasteiger charge is 2.10. The van der Waals surface area contributed by atoms with E-state index >= 15 is 0 Å². The third-order valence-corrected chi connectivity index (χ3v) is 3.98. The zero-order valence-corrected chi connectivity index (χ0v) is 11.7. The van der Waals surface area contributed by atoms with E-state index in [-0.39, 0.29) is 11.4 Å². The predicted molar refractivity (Wildman–Crippen MR) is 73.1 cm³/mol. The molecule has 1 rings (SSSR count). The largest absolute Gasteiger partial charge is 0.464 e. The van der Waals surface area contributed by atoms with Gasteiger partial charge in [-0.15, -0.1) is 11.8 Å². The van der Waals surface area contributed by atoms with Gasteiger partial charge in [-0.3, -0.25) is 0 Å². The second-order valence-electron chi connectivity index (χ2n) is 4.30. The minimum Gasteiger partial charge on any atom is -0.464 e. The summed E-state index contributed by atoms with van der Waals surface area (Å²) >= 11 is 1.72.